The Morgan fingerprint density at radius 1 is 1.10 bits per heavy atom. The summed E-state index contributed by atoms with van der Waals surface area (Å²) >= 11 is 0. The average molecular weight is 351 g/mol. The predicted octanol–water partition coefficient (Wildman–Crippen LogP) is -0.736. The van der Waals surface area contributed by atoms with Crippen LogP contribution < -0.4 is 26.4 Å². The number of benzene rings is 1. The van der Waals surface area contributed by atoms with Crippen molar-refractivity contribution in [3.05, 3.63) is 30.6 Å². The molecule has 0 amide bonds. The van der Waals surface area contributed by atoms with Crippen molar-refractivity contribution < 1.29 is 21.5 Å². The van der Waals surface area contributed by atoms with Crippen molar-refractivity contribution in [2.24, 2.45) is 24.3 Å². The molecule has 2 aromatic rings. The summed E-state index contributed by atoms with van der Waals surface area (Å²) in [6, 6.07) is 8.24. The number of nitrogens with zero attached hydrogens (tertiary/aromatic N) is 6. The Morgan fingerprint density at radius 2 is 1.76 bits per heavy atom. The molecule has 1 aromatic carbocycles. The van der Waals surface area contributed by atoms with Crippen molar-refractivity contribution >= 4 is 17.3 Å². The second-order valence-corrected chi connectivity index (χ2v) is 5.08. The maximum atomic E-state index is 4.26. The third-order valence-corrected chi connectivity index (χ3v) is 3.58. The molecule has 112 valence electrons. The fraction of sp³-hybridized carbons (Fsp3) is 0.429. The summed E-state index contributed by atoms with van der Waals surface area (Å²) in [6.07, 6.45) is 4.29. The van der Waals surface area contributed by atoms with Crippen molar-refractivity contribution in [2.75, 3.05) is 18.0 Å². The topological polar surface area (TPSA) is 49.7 Å². The number of rotatable bonds is 3. The zero-order valence-corrected chi connectivity index (χ0v) is 13.9. The zero-order valence-electron chi connectivity index (χ0n) is 12.3. The largest absolute Gasteiger partial charge is 1.00 e. The molecular formula is C14H19BrN6. The minimum Gasteiger partial charge on any atom is -1.00 e. The maximum Gasteiger partial charge on any atom is 0.403 e. The number of halogens is 1. The van der Waals surface area contributed by atoms with Crippen LogP contribution in [0.4, 0.5) is 17.3 Å². The highest BCUT2D eigenvalue weighted by molar-refractivity contribution is 5.53. The fourth-order valence-corrected chi connectivity index (χ4v) is 2.43. The summed E-state index contributed by atoms with van der Waals surface area (Å²) in [7, 11) is 3.75. The first kappa shape index (κ1) is 15.6. The van der Waals surface area contributed by atoms with E-state index in [4.69, 9.17) is 0 Å². The van der Waals surface area contributed by atoms with Gasteiger partial charge in [-0.2, -0.15) is 0 Å². The second-order valence-electron chi connectivity index (χ2n) is 5.08. The van der Waals surface area contributed by atoms with Crippen LogP contribution in [0.2, 0.25) is 0 Å². The number of aryl methyl sites for hydroxylation is 2. The van der Waals surface area contributed by atoms with E-state index < -0.39 is 0 Å². The number of hydrogen-bond donors (Lipinski definition) is 0. The van der Waals surface area contributed by atoms with Crippen molar-refractivity contribution in [1.29, 1.82) is 0 Å². The van der Waals surface area contributed by atoms with Gasteiger partial charge in [-0.15, -0.1) is 4.68 Å². The van der Waals surface area contributed by atoms with Crippen LogP contribution in [0, 0.1) is 0 Å². The van der Waals surface area contributed by atoms with Gasteiger partial charge in [0.2, 0.25) is 6.33 Å². The van der Waals surface area contributed by atoms with Crippen LogP contribution in [0.1, 0.15) is 12.8 Å². The SMILES string of the molecule is Cn1nc[n+](C)c1N=Nc1ccc(N2CCCC2)cc1.[Br-]. The Kier molecular flexibility index (Phi) is 5.06. The van der Waals surface area contributed by atoms with E-state index in [1.165, 1.54) is 18.5 Å². The fourth-order valence-electron chi connectivity index (χ4n) is 2.43. The Morgan fingerprint density at radius 3 is 2.33 bits per heavy atom. The van der Waals surface area contributed by atoms with Gasteiger partial charge in [0.1, 0.15) is 0 Å². The molecule has 0 atom stereocenters. The van der Waals surface area contributed by atoms with Crippen molar-refractivity contribution in [3.63, 3.8) is 0 Å². The van der Waals surface area contributed by atoms with Crippen molar-refractivity contribution in [2.45, 2.75) is 12.8 Å². The van der Waals surface area contributed by atoms with Crippen molar-refractivity contribution in [3.8, 4) is 0 Å². The molecule has 0 bridgehead atoms. The van der Waals surface area contributed by atoms with Gasteiger partial charge in [0.25, 0.3) is 0 Å². The molecule has 0 unspecified atom stereocenters. The molecule has 0 saturated carbocycles. The first-order chi connectivity index (χ1) is 9.74. The zero-order chi connectivity index (χ0) is 13.9. The molecule has 21 heavy (non-hydrogen) atoms. The summed E-state index contributed by atoms with van der Waals surface area (Å²) < 4.78 is 3.53. The third-order valence-electron chi connectivity index (χ3n) is 3.58. The Hall–Kier alpha value is -1.76. The number of hydrogen-bond acceptors (Lipinski definition) is 4. The lowest BCUT2D eigenvalue weighted by molar-refractivity contribution is -0.659. The van der Waals surface area contributed by atoms with Crippen LogP contribution in [0.3, 0.4) is 0 Å². The molecule has 0 N–H and O–H groups in total. The van der Waals surface area contributed by atoms with Gasteiger partial charge in [0.05, 0.1) is 19.8 Å². The highest BCUT2D eigenvalue weighted by Crippen LogP contribution is 2.23. The van der Waals surface area contributed by atoms with Gasteiger partial charge in [-0.25, -0.2) is 4.57 Å². The lowest BCUT2D eigenvalue weighted by atomic mass is 10.2. The predicted molar refractivity (Wildman–Crippen MR) is 76.4 cm³/mol. The molecule has 6 nitrogen and oxygen atoms in total. The Balaban J connectivity index is 0.00000161. The molecule has 1 saturated heterocycles. The summed E-state index contributed by atoms with van der Waals surface area (Å²) in [5.74, 6) is 0.716. The minimum atomic E-state index is 0. The molecule has 2 heterocycles. The number of aromatic nitrogens is 3. The van der Waals surface area contributed by atoms with E-state index >= 15 is 0 Å². The molecule has 7 heteroatoms. The minimum absolute atomic E-state index is 0. The summed E-state index contributed by atoms with van der Waals surface area (Å²) in [4.78, 5) is 2.40. The van der Waals surface area contributed by atoms with Crippen LogP contribution in [0.15, 0.2) is 40.8 Å². The van der Waals surface area contributed by atoms with E-state index in [0.29, 0.717) is 5.95 Å². The van der Waals surface area contributed by atoms with E-state index in [1.54, 1.807) is 11.0 Å². The summed E-state index contributed by atoms with van der Waals surface area (Å²) in [6.45, 7) is 2.32. The standard InChI is InChI=1S/C14H19N6.BrH/c1-18-11-15-19(2)14(18)17-16-12-5-7-13(8-6-12)20-9-3-4-10-20;/h5-8,11H,3-4,9-10H2,1-2H3;1H/q+1;/p-1. The van der Waals surface area contributed by atoms with Crippen LogP contribution in [-0.2, 0) is 14.1 Å². The molecule has 0 spiro atoms. The van der Waals surface area contributed by atoms with E-state index in [0.717, 1.165) is 18.8 Å². The molecule has 3 rings (SSSR count). The van der Waals surface area contributed by atoms with Crippen LogP contribution >= 0.6 is 0 Å². The number of anilines is 1. The lowest BCUT2D eigenvalue weighted by Crippen LogP contribution is -3.00. The van der Waals surface area contributed by atoms with E-state index in [2.05, 4.69) is 32.4 Å². The molecule has 1 aliphatic heterocycles. The molecule has 0 aliphatic carbocycles. The highest BCUT2D eigenvalue weighted by atomic mass is 79.9. The smallest absolute Gasteiger partial charge is 0.403 e. The van der Waals surface area contributed by atoms with Gasteiger partial charge in [0, 0.05) is 23.9 Å². The third kappa shape index (κ3) is 3.47. The summed E-state index contributed by atoms with van der Waals surface area (Å²) in [5, 5.41) is 12.6. The van der Waals surface area contributed by atoms with Gasteiger partial charge in [-0.3, -0.25) is 0 Å². The van der Waals surface area contributed by atoms with Gasteiger partial charge in [-0.1, -0.05) is 5.11 Å². The van der Waals surface area contributed by atoms with E-state index in [-0.39, 0.29) is 17.0 Å². The quantitative estimate of drug-likeness (QED) is 0.541. The first-order valence-electron chi connectivity index (χ1n) is 6.88. The molecular weight excluding hydrogens is 332 g/mol. The van der Waals surface area contributed by atoms with Gasteiger partial charge in [-0.05, 0) is 42.2 Å². The van der Waals surface area contributed by atoms with E-state index in [1.807, 2.05) is 30.8 Å². The van der Waals surface area contributed by atoms with Gasteiger partial charge < -0.3 is 21.9 Å². The van der Waals surface area contributed by atoms with Gasteiger partial charge >= 0.3 is 5.95 Å². The molecule has 1 aromatic heterocycles. The molecule has 1 fully saturated rings. The number of azo groups is 1. The van der Waals surface area contributed by atoms with Crippen LogP contribution in [0.5, 0.6) is 0 Å². The maximum absolute atomic E-state index is 4.26. The Bertz CT molecular complexity index is 593. The summed E-state index contributed by atoms with van der Waals surface area (Å²) in [5.41, 5.74) is 2.13. The van der Waals surface area contributed by atoms with Crippen LogP contribution in [-0.4, -0.2) is 22.9 Å². The second kappa shape index (κ2) is 6.80. The normalized spacial score (nSPS) is 14.7. The van der Waals surface area contributed by atoms with E-state index in [9.17, 15) is 0 Å². The lowest BCUT2D eigenvalue weighted by Gasteiger charge is -2.16. The van der Waals surface area contributed by atoms with Gasteiger partial charge in [0.15, 0.2) is 0 Å². The monoisotopic (exact) mass is 350 g/mol. The molecule has 1 aliphatic rings. The van der Waals surface area contributed by atoms with Crippen molar-refractivity contribution in [1.82, 2.24) is 9.78 Å². The average Bonchev–Trinajstić information content (AvgIpc) is 3.09. The molecule has 0 radical (unpaired) electrons. The highest BCUT2D eigenvalue weighted by Gasteiger charge is 2.13. The van der Waals surface area contributed by atoms with Crippen LogP contribution in [0.25, 0.3) is 0 Å². The Labute approximate surface area is 134 Å². The first-order valence-corrected chi connectivity index (χ1v) is 6.88.